The number of anilines is 1. The molecule has 0 bridgehead atoms. The lowest BCUT2D eigenvalue weighted by Gasteiger charge is -2.04. The van der Waals surface area contributed by atoms with Crippen LogP contribution < -0.4 is 5.32 Å². The minimum Gasteiger partial charge on any atom is -0.394 e. The van der Waals surface area contributed by atoms with Crippen LogP contribution in [0.1, 0.15) is 5.69 Å². The normalized spacial score (nSPS) is 10.1. The number of ether oxygens (including phenoxy) is 1. The highest BCUT2D eigenvalue weighted by atomic mass is 16.5. The summed E-state index contributed by atoms with van der Waals surface area (Å²) in [5.41, 5.74) is 0.929. The van der Waals surface area contributed by atoms with E-state index >= 15 is 0 Å². The maximum absolute atomic E-state index is 8.45. The van der Waals surface area contributed by atoms with E-state index in [4.69, 9.17) is 9.84 Å². The number of nitrogens with one attached hydrogen (secondary N) is 1. The molecule has 0 aliphatic heterocycles. The van der Waals surface area contributed by atoms with E-state index in [1.165, 1.54) is 0 Å². The molecule has 0 aliphatic rings. The van der Waals surface area contributed by atoms with Crippen molar-refractivity contribution in [1.82, 2.24) is 9.97 Å². The molecular weight excluding hydrogens is 182 g/mol. The van der Waals surface area contributed by atoms with Crippen LogP contribution in [-0.2, 0) is 4.74 Å². The molecule has 1 aromatic heterocycles. The molecule has 0 fully saturated rings. The van der Waals surface area contributed by atoms with E-state index in [-0.39, 0.29) is 6.61 Å². The number of aromatic nitrogens is 2. The van der Waals surface area contributed by atoms with Crippen molar-refractivity contribution in [2.75, 3.05) is 31.7 Å². The number of hydrogen-bond donors (Lipinski definition) is 2. The van der Waals surface area contributed by atoms with Crippen LogP contribution in [0, 0.1) is 6.92 Å². The Hall–Kier alpha value is -1.20. The van der Waals surface area contributed by atoms with Gasteiger partial charge in [0.25, 0.3) is 0 Å². The lowest BCUT2D eigenvalue weighted by atomic mass is 10.5. The predicted octanol–water partition coefficient (Wildman–Crippen LogP) is 0.206. The van der Waals surface area contributed by atoms with Crippen LogP contribution in [0.4, 0.5) is 5.95 Å². The average molecular weight is 197 g/mol. The van der Waals surface area contributed by atoms with Gasteiger partial charge >= 0.3 is 0 Å². The third kappa shape index (κ3) is 4.15. The van der Waals surface area contributed by atoms with Crippen molar-refractivity contribution in [2.45, 2.75) is 6.92 Å². The lowest BCUT2D eigenvalue weighted by Crippen LogP contribution is -2.13. The Labute approximate surface area is 83.2 Å². The molecule has 0 saturated carbocycles. The molecular formula is C9H15N3O2. The fourth-order valence-electron chi connectivity index (χ4n) is 0.936. The van der Waals surface area contributed by atoms with E-state index < -0.39 is 0 Å². The van der Waals surface area contributed by atoms with Gasteiger partial charge in [0, 0.05) is 18.4 Å². The molecule has 0 aliphatic carbocycles. The molecule has 0 saturated heterocycles. The maximum atomic E-state index is 8.45. The van der Waals surface area contributed by atoms with Gasteiger partial charge in [-0.05, 0) is 13.0 Å². The molecule has 1 rings (SSSR count). The lowest BCUT2D eigenvalue weighted by molar-refractivity contribution is 0.0991. The second kappa shape index (κ2) is 6.28. The molecule has 0 spiro atoms. The van der Waals surface area contributed by atoms with E-state index in [9.17, 15) is 0 Å². The molecule has 14 heavy (non-hydrogen) atoms. The molecule has 78 valence electrons. The Morgan fingerprint density at radius 1 is 1.50 bits per heavy atom. The fraction of sp³-hybridized carbons (Fsp3) is 0.556. The summed E-state index contributed by atoms with van der Waals surface area (Å²) in [7, 11) is 0. The summed E-state index contributed by atoms with van der Waals surface area (Å²) < 4.78 is 5.07. The number of aryl methyl sites for hydroxylation is 1. The summed E-state index contributed by atoms with van der Waals surface area (Å²) in [5, 5.41) is 11.5. The molecule has 1 aromatic rings. The molecule has 0 aromatic carbocycles. The van der Waals surface area contributed by atoms with Crippen LogP contribution in [0.15, 0.2) is 12.3 Å². The quantitative estimate of drug-likeness (QED) is 0.638. The van der Waals surface area contributed by atoms with Gasteiger partial charge < -0.3 is 15.2 Å². The van der Waals surface area contributed by atoms with E-state index in [0.717, 1.165) is 5.69 Å². The van der Waals surface area contributed by atoms with Crippen LogP contribution in [0.3, 0.4) is 0 Å². The third-order valence-corrected chi connectivity index (χ3v) is 1.56. The third-order valence-electron chi connectivity index (χ3n) is 1.56. The van der Waals surface area contributed by atoms with Crippen molar-refractivity contribution in [3.8, 4) is 0 Å². The van der Waals surface area contributed by atoms with Gasteiger partial charge in [0.15, 0.2) is 0 Å². The van der Waals surface area contributed by atoms with Gasteiger partial charge in [0.05, 0.1) is 19.8 Å². The summed E-state index contributed by atoms with van der Waals surface area (Å²) in [6.45, 7) is 3.52. The summed E-state index contributed by atoms with van der Waals surface area (Å²) >= 11 is 0. The zero-order valence-electron chi connectivity index (χ0n) is 8.23. The molecule has 0 radical (unpaired) electrons. The number of nitrogens with zero attached hydrogens (tertiary/aromatic N) is 2. The summed E-state index contributed by atoms with van der Waals surface area (Å²) in [5.74, 6) is 0.609. The first-order valence-electron chi connectivity index (χ1n) is 4.55. The van der Waals surface area contributed by atoms with E-state index in [1.54, 1.807) is 6.20 Å². The van der Waals surface area contributed by atoms with Gasteiger partial charge in [-0.25, -0.2) is 9.97 Å². The van der Waals surface area contributed by atoms with Crippen LogP contribution in [0.25, 0.3) is 0 Å². The first-order valence-corrected chi connectivity index (χ1v) is 4.55. The predicted molar refractivity (Wildman–Crippen MR) is 53.2 cm³/mol. The SMILES string of the molecule is Cc1ccnc(NCCOCCO)n1. The van der Waals surface area contributed by atoms with Crippen LogP contribution >= 0.6 is 0 Å². The van der Waals surface area contributed by atoms with E-state index in [0.29, 0.717) is 25.7 Å². The Kier molecular flexibility index (Phi) is 4.88. The van der Waals surface area contributed by atoms with Crippen molar-refractivity contribution in [3.05, 3.63) is 18.0 Å². The number of aliphatic hydroxyl groups is 1. The highest BCUT2D eigenvalue weighted by Gasteiger charge is 1.94. The van der Waals surface area contributed by atoms with Gasteiger partial charge in [-0.15, -0.1) is 0 Å². The van der Waals surface area contributed by atoms with Crippen molar-refractivity contribution in [2.24, 2.45) is 0 Å². The minimum absolute atomic E-state index is 0.0565. The van der Waals surface area contributed by atoms with Gasteiger partial charge in [-0.2, -0.15) is 0 Å². The van der Waals surface area contributed by atoms with Crippen LogP contribution in [0.2, 0.25) is 0 Å². The maximum Gasteiger partial charge on any atom is 0.222 e. The Balaban J connectivity index is 2.18. The van der Waals surface area contributed by atoms with Crippen LogP contribution in [-0.4, -0.2) is 41.4 Å². The molecule has 5 nitrogen and oxygen atoms in total. The van der Waals surface area contributed by atoms with E-state index in [2.05, 4.69) is 15.3 Å². The van der Waals surface area contributed by atoms with Crippen molar-refractivity contribution in [1.29, 1.82) is 0 Å². The van der Waals surface area contributed by atoms with Crippen molar-refractivity contribution < 1.29 is 9.84 Å². The zero-order valence-corrected chi connectivity index (χ0v) is 8.23. The van der Waals surface area contributed by atoms with Gasteiger partial charge in [0.1, 0.15) is 0 Å². The molecule has 5 heteroatoms. The molecule has 0 unspecified atom stereocenters. The fourth-order valence-corrected chi connectivity index (χ4v) is 0.936. The topological polar surface area (TPSA) is 67.3 Å². The minimum atomic E-state index is 0.0565. The van der Waals surface area contributed by atoms with Gasteiger partial charge in [-0.3, -0.25) is 0 Å². The van der Waals surface area contributed by atoms with Gasteiger partial charge in [-0.1, -0.05) is 0 Å². The average Bonchev–Trinajstić information content (AvgIpc) is 2.18. The smallest absolute Gasteiger partial charge is 0.222 e. The highest BCUT2D eigenvalue weighted by Crippen LogP contribution is 1.97. The largest absolute Gasteiger partial charge is 0.394 e. The van der Waals surface area contributed by atoms with E-state index in [1.807, 2.05) is 13.0 Å². The number of aliphatic hydroxyl groups excluding tert-OH is 1. The number of hydrogen-bond acceptors (Lipinski definition) is 5. The van der Waals surface area contributed by atoms with Gasteiger partial charge in [0.2, 0.25) is 5.95 Å². The summed E-state index contributed by atoms with van der Waals surface area (Å²) in [6, 6.07) is 1.84. The molecule has 2 N–H and O–H groups in total. The monoisotopic (exact) mass is 197 g/mol. The number of rotatable bonds is 6. The Bertz CT molecular complexity index is 268. The Morgan fingerprint density at radius 2 is 2.36 bits per heavy atom. The molecule has 0 atom stereocenters. The molecule has 0 amide bonds. The van der Waals surface area contributed by atoms with Crippen molar-refractivity contribution in [3.63, 3.8) is 0 Å². The summed E-state index contributed by atoms with van der Waals surface area (Å²) in [6.07, 6.45) is 1.71. The Morgan fingerprint density at radius 3 is 3.07 bits per heavy atom. The van der Waals surface area contributed by atoms with Crippen LogP contribution in [0.5, 0.6) is 0 Å². The first-order chi connectivity index (χ1) is 6.83. The summed E-state index contributed by atoms with van der Waals surface area (Å²) in [4.78, 5) is 8.19. The first kappa shape index (κ1) is 10.9. The second-order valence-electron chi connectivity index (χ2n) is 2.78. The second-order valence-corrected chi connectivity index (χ2v) is 2.78. The zero-order chi connectivity index (χ0) is 10.2. The molecule has 1 heterocycles. The standard InChI is InChI=1S/C9H15N3O2/c1-8-2-3-10-9(12-8)11-4-6-14-7-5-13/h2-3,13H,4-7H2,1H3,(H,10,11,12). The van der Waals surface area contributed by atoms with Crippen molar-refractivity contribution >= 4 is 5.95 Å². The highest BCUT2D eigenvalue weighted by molar-refractivity contribution is 5.24.